The van der Waals surface area contributed by atoms with E-state index >= 15 is 0 Å². The van der Waals surface area contributed by atoms with Crippen molar-refractivity contribution < 1.29 is 11.3 Å². The van der Waals surface area contributed by atoms with E-state index in [0.29, 0.717) is 6.42 Å². The van der Waals surface area contributed by atoms with Crippen LogP contribution >= 0.6 is 12.4 Å². The van der Waals surface area contributed by atoms with Crippen LogP contribution in [0.4, 0.5) is 0 Å². The first kappa shape index (κ1) is 10.7. The molecule has 0 aliphatic rings. The third-order valence-electron chi connectivity index (χ3n) is 1.20. The molecular weight excluding hydrogens is 166 g/mol. The quantitative estimate of drug-likeness (QED) is 0.691. The molecule has 4 heteroatoms. The van der Waals surface area contributed by atoms with Crippen LogP contribution in [-0.4, -0.2) is 16.6 Å². The van der Waals surface area contributed by atoms with Gasteiger partial charge in [-0.2, -0.15) is 0 Å². The maximum absolute atomic E-state index is 10.5. The number of nitrogens with two attached hydrogens (primary N) is 1. The van der Waals surface area contributed by atoms with Gasteiger partial charge in [0, 0.05) is 1.37 Å². The van der Waals surface area contributed by atoms with Crippen molar-refractivity contribution in [2.24, 2.45) is 11.7 Å². The van der Waals surface area contributed by atoms with Crippen molar-refractivity contribution in [3.8, 4) is 0 Å². The van der Waals surface area contributed by atoms with Gasteiger partial charge in [0.15, 0.2) is 0 Å². The Morgan fingerprint density at radius 2 is 2.27 bits per heavy atom. The fraction of sp³-hybridized carbons (Fsp3) is 0.857. The zero-order valence-electron chi connectivity index (χ0n) is 7.83. The van der Waals surface area contributed by atoms with Crippen LogP contribution in [0.3, 0.4) is 0 Å². The highest BCUT2D eigenvalue weighted by Crippen LogP contribution is 2.12. The van der Waals surface area contributed by atoms with Gasteiger partial charge in [0.2, 0.25) is 0 Å². The summed E-state index contributed by atoms with van der Waals surface area (Å²) in [5.74, 6) is -0.873. The van der Waals surface area contributed by atoms with E-state index in [1.807, 2.05) is 13.8 Å². The highest BCUT2D eigenvalue weighted by atomic mass is 35.5. The summed E-state index contributed by atoms with van der Waals surface area (Å²) in [5.41, 5.74) is 4.10. The van der Waals surface area contributed by atoms with Crippen LogP contribution in [0.2, 0.25) is 0 Å². The van der Waals surface area contributed by atoms with Gasteiger partial charge in [-0.15, -0.1) is 12.4 Å². The van der Waals surface area contributed by atoms with Gasteiger partial charge in [0.1, 0.15) is 5.54 Å². The van der Waals surface area contributed by atoms with Crippen LogP contribution in [0.15, 0.2) is 0 Å². The molecule has 0 saturated carbocycles. The second kappa shape index (κ2) is 4.57. The SMILES string of the molecule is Cl.[2H]C[C@](N)(CC(C)C)C(=O)O. The minimum absolute atomic E-state index is 0. The average molecular weight is 183 g/mol. The minimum atomic E-state index is -1.35. The molecule has 0 radical (unpaired) electrons. The summed E-state index contributed by atoms with van der Waals surface area (Å²) in [5, 5.41) is 8.64. The summed E-state index contributed by atoms with van der Waals surface area (Å²) in [6.45, 7) is 3.51. The first-order chi connectivity index (χ1) is 4.92. The third kappa shape index (κ3) is 5.04. The molecule has 3 nitrogen and oxygen atoms in total. The van der Waals surface area contributed by atoms with Crippen LogP contribution in [0, 0.1) is 5.92 Å². The van der Waals surface area contributed by atoms with Gasteiger partial charge in [-0.1, -0.05) is 13.8 Å². The van der Waals surface area contributed by atoms with Crippen molar-refractivity contribution in [2.45, 2.75) is 32.7 Å². The Morgan fingerprint density at radius 3 is 2.36 bits per heavy atom. The molecule has 0 aliphatic carbocycles. The summed E-state index contributed by atoms with van der Waals surface area (Å²) in [4.78, 5) is 10.5. The highest BCUT2D eigenvalue weighted by Gasteiger charge is 2.28. The predicted molar refractivity (Wildman–Crippen MR) is 46.9 cm³/mol. The lowest BCUT2D eigenvalue weighted by atomic mass is 9.92. The smallest absolute Gasteiger partial charge is 0.323 e. The van der Waals surface area contributed by atoms with Gasteiger partial charge < -0.3 is 10.8 Å². The van der Waals surface area contributed by atoms with E-state index in [2.05, 4.69) is 0 Å². The average Bonchev–Trinajstić information content (AvgIpc) is 1.86. The molecule has 0 aromatic carbocycles. The minimum Gasteiger partial charge on any atom is -0.480 e. The fourth-order valence-corrected chi connectivity index (χ4v) is 0.816. The predicted octanol–water partition coefficient (Wildman–Crippen LogP) is 1.26. The number of carboxylic acids is 1. The van der Waals surface area contributed by atoms with Gasteiger partial charge in [0.05, 0.1) is 0 Å². The first-order valence-electron chi connectivity index (χ1n) is 3.94. The molecule has 0 aliphatic heterocycles. The molecule has 0 saturated heterocycles. The zero-order chi connectivity index (χ0) is 9.07. The number of hydrogen-bond acceptors (Lipinski definition) is 2. The number of halogens is 1. The number of rotatable bonds is 3. The maximum Gasteiger partial charge on any atom is 0.323 e. The van der Waals surface area contributed by atoms with Gasteiger partial charge in [-0.25, -0.2) is 0 Å². The molecule has 0 bridgehead atoms. The van der Waals surface area contributed by atoms with Crippen LogP contribution in [0.25, 0.3) is 0 Å². The normalized spacial score (nSPS) is 16.5. The lowest BCUT2D eigenvalue weighted by molar-refractivity contribution is -0.143. The lowest BCUT2D eigenvalue weighted by Gasteiger charge is -2.20. The van der Waals surface area contributed by atoms with Crippen LogP contribution < -0.4 is 5.73 Å². The third-order valence-corrected chi connectivity index (χ3v) is 1.20. The van der Waals surface area contributed by atoms with Gasteiger partial charge in [0.25, 0.3) is 0 Å². The summed E-state index contributed by atoms with van der Waals surface area (Å²) in [6.07, 6.45) is 0.353. The molecule has 11 heavy (non-hydrogen) atoms. The standard InChI is InChI=1S/C7H15NO2.ClH/c1-5(2)4-7(3,8)6(9)10;/h5H,4,8H2,1-3H3,(H,9,10);1H/t7-;/m0./s1/i3D;. The van der Waals surface area contributed by atoms with Crippen molar-refractivity contribution in [1.29, 1.82) is 0 Å². The number of hydrogen-bond donors (Lipinski definition) is 2. The second-order valence-corrected chi connectivity index (χ2v) is 3.06. The van der Waals surface area contributed by atoms with Crippen LogP contribution in [0.1, 0.15) is 28.5 Å². The molecule has 68 valence electrons. The Bertz CT molecular complexity index is 154. The van der Waals surface area contributed by atoms with Crippen molar-refractivity contribution >= 4 is 18.4 Å². The van der Waals surface area contributed by atoms with Gasteiger partial charge in [-0.3, -0.25) is 4.79 Å². The summed E-state index contributed by atoms with van der Waals surface area (Å²) in [7, 11) is 0. The molecule has 0 aromatic heterocycles. The topological polar surface area (TPSA) is 63.3 Å². The summed E-state index contributed by atoms with van der Waals surface area (Å²) >= 11 is 0. The van der Waals surface area contributed by atoms with E-state index in [0.717, 1.165) is 0 Å². The van der Waals surface area contributed by atoms with E-state index in [4.69, 9.17) is 12.2 Å². The molecular formula is C7H16ClNO2. The van der Waals surface area contributed by atoms with E-state index in [1.54, 1.807) is 0 Å². The Morgan fingerprint density at radius 1 is 1.82 bits per heavy atom. The molecule has 0 amide bonds. The Labute approximate surface area is 74.8 Å². The van der Waals surface area contributed by atoms with Crippen molar-refractivity contribution in [1.82, 2.24) is 0 Å². The van der Waals surface area contributed by atoms with Crippen molar-refractivity contribution in [3.63, 3.8) is 0 Å². The van der Waals surface area contributed by atoms with E-state index in [-0.39, 0.29) is 25.2 Å². The number of aliphatic carboxylic acids is 1. The fourth-order valence-electron chi connectivity index (χ4n) is 0.816. The zero-order valence-corrected chi connectivity index (χ0v) is 7.65. The largest absolute Gasteiger partial charge is 0.480 e. The summed E-state index contributed by atoms with van der Waals surface area (Å²) in [6, 6.07) is 0. The maximum atomic E-state index is 10.5. The molecule has 0 fully saturated rings. The molecule has 1 atom stereocenters. The van der Waals surface area contributed by atoms with Crippen LogP contribution in [-0.2, 0) is 4.79 Å². The Kier molecular flexibility index (Phi) is 4.45. The first-order valence-corrected chi connectivity index (χ1v) is 3.24. The summed E-state index contributed by atoms with van der Waals surface area (Å²) < 4.78 is 6.97. The monoisotopic (exact) mass is 182 g/mol. The lowest BCUT2D eigenvalue weighted by Crippen LogP contribution is -2.45. The molecule has 0 rings (SSSR count). The van der Waals surface area contributed by atoms with Crippen LogP contribution in [0.5, 0.6) is 0 Å². The van der Waals surface area contributed by atoms with Crippen molar-refractivity contribution in [2.75, 3.05) is 0 Å². The van der Waals surface area contributed by atoms with Gasteiger partial charge >= 0.3 is 5.97 Å². The number of carboxylic acid groups (broad SMARTS) is 1. The molecule has 0 spiro atoms. The highest BCUT2D eigenvalue weighted by molar-refractivity contribution is 5.85. The van der Waals surface area contributed by atoms with E-state index < -0.39 is 11.5 Å². The van der Waals surface area contributed by atoms with Crippen molar-refractivity contribution in [3.05, 3.63) is 0 Å². The number of carbonyl (C=O) groups is 1. The van der Waals surface area contributed by atoms with Gasteiger partial charge in [-0.05, 0) is 19.2 Å². The molecule has 0 heterocycles. The molecule has 0 aromatic rings. The van der Waals surface area contributed by atoms with E-state index in [9.17, 15) is 4.79 Å². The Balaban J connectivity index is 0. The second-order valence-electron chi connectivity index (χ2n) is 3.06. The Hall–Kier alpha value is -0.280. The molecule has 3 N–H and O–H groups in total. The van der Waals surface area contributed by atoms with E-state index in [1.165, 1.54) is 0 Å². The molecule has 0 unspecified atom stereocenters.